The minimum atomic E-state index is 0.531. The molecule has 0 aliphatic rings. The molecule has 0 unspecified atom stereocenters. The second-order valence-corrected chi connectivity index (χ2v) is 7.14. The van der Waals surface area contributed by atoms with Gasteiger partial charge in [-0.3, -0.25) is 0 Å². The van der Waals surface area contributed by atoms with Gasteiger partial charge in [0.05, 0.1) is 0 Å². The van der Waals surface area contributed by atoms with E-state index in [0.717, 1.165) is 31.6 Å². The first-order valence-electron chi connectivity index (χ1n) is 7.53. The van der Waals surface area contributed by atoms with Crippen LogP contribution in [0, 0.1) is 0 Å². The third-order valence-corrected chi connectivity index (χ3v) is 4.50. The normalized spacial score (nSPS) is 10.4. The third-order valence-electron chi connectivity index (χ3n) is 3.44. The van der Waals surface area contributed by atoms with Gasteiger partial charge in [-0.05, 0) is 47.5 Å². The Morgan fingerprint density at radius 3 is 1.42 bits per heavy atom. The second kappa shape index (κ2) is 8.36. The zero-order valence-electron chi connectivity index (χ0n) is 12.9. The van der Waals surface area contributed by atoms with E-state index in [1.165, 1.54) is 0 Å². The second-order valence-electron chi connectivity index (χ2n) is 5.31. The van der Waals surface area contributed by atoms with Gasteiger partial charge in [0.25, 0.3) is 0 Å². The molecule has 0 bridgehead atoms. The lowest BCUT2D eigenvalue weighted by Crippen LogP contribution is -1.97. The molecular formula is C20H16Br2O2. The highest BCUT2D eigenvalue weighted by atomic mass is 79.9. The highest BCUT2D eigenvalue weighted by Crippen LogP contribution is 2.22. The summed E-state index contributed by atoms with van der Waals surface area (Å²) in [5.41, 5.74) is 2.25. The van der Waals surface area contributed by atoms with Crippen LogP contribution in [0.25, 0.3) is 0 Å². The first-order chi connectivity index (χ1) is 11.7. The van der Waals surface area contributed by atoms with Crippen molar-refractivity contribution in [2.24, 2.45) is 0 Å². The highest BCUT2D eigenvalue weighted by Gasteiger charge is 2.01. The van der Waals surface area contributed by atoms with Crippen LogP contribution in [0.15, 0.2) is 81.7 Å². The van der Waals surface area contributed by atoms with E-state index < -0.39 is 0 Å². The number of hydrogen-bond donors (Lipinski definition) is 0. The molecule has 0 aromatic heterocycles. The summed E-state index contributed by atoms with van der Waals surface area (Å²) in [6.45, 7) is 1.06. The predicted octanol–water partition coefficient (Wildman–Crippen LogP) is 6.37. The molecule has 24 heavy (non-hydrogen) atoms. The van der Waals surface area contributed by atoms with Gasteiger partial charge in [-0.15, -0.1) is 0 Å². The van der Waals surface area contributed by atoms with Gasteiger partial charge in [0.1, 0.15) is 24.7 Å². The summed E-state index contributed by atoms with van der Waals surface area (Å²) < 4.78 is 13.8. The van der Waals surface area contributed by atoms with Gasteiger partial charge in [-0.25, -0.2) is 0 Å². The third kappa shape index (κ3) is 5.11. The minimum absolute atomic E-state index is 0.531. The Kier molecular flexibility index (Phi) is 5.94. The molecule has 0 aliphatic carbocycles. The summed E-state index contributed by atoms with van der Waals surface area (Å²) in [4.78, 5) is 0. The first kappa shape index (κ1) is 17.1. The van der Waals surface area contributed by atoms with E-state index in [1.54, 1.807) is 0 Å². The highest BCUT2D eigenvalue weighted by molar-refractivity contribution is 9.10. The summed E-state index contributed by atoms with van der Waals surface area (Å²) in [6.07, 6.45) is 0. The standard InChI is InChI=1S/C20H16Br2O2/c21-17-8-4-15(5-9-17)13-23-19-2-1-3-20(12-19)24-14-16-6-10-18(22)11-7-16/h1-12H,13-14H2. The first-order valence-corrected chi connectivity index (χ1v) is 9.12. The van der Waals surface area contributed by atoms with Crippen LogP contribution in [0.1, 0.15) is 11.1 Å². The Balaban J connectivity index is 1.57. The molecule has 3 rings (SSSR count). The summed E-state index contributed by atoms with van der Waals surface area (Å²) in [6, 6.07) is 23.9. The number of benzene rings is 3. The van der Waals surface area contributed by atoms with Crippen molar-refractivity contribution in [3.63, 3.8) is 0 Å². The van der Waals surface area contributed by atoms with Crippen molar-refractivity contribution in [2.45, 2.75) is 13.2 Å². The van der Waals surface area contributed by atoms with Crippen molar-refractivity contribution in [2.75, 3.05) is 0 Å². The molecule has 0 radical (unpaired) electrons. The minimum Gasteiger partial charge on any atom is -0.489 e. The lowest BCUT2D eigenvalue weighted by Gasteiger charge is -2.10. The van der Waals surface area contributed by atoms with Gasteiger partial charge < -0.3 is 9.47 Å². The van der Waals surface area contributed by atoms with Crippen LogP contribution in [-0.2, 0) is 13.2 Å². The quantitative estimate of drug-likeness (QED) is 0.437. The topological polar surface area (TPSA) is 18.5 Å². The van der Waals surface area contributed by atoms with E-state index in [4.69, 9.17) is 9.47 Å². The van der Waals surface area contributed by atoms with Crippen LogP contribution in [0.5, 0.6) is 11.5 Å². The fourth-order valence-electron chi connectivity index (χ4n) is 2.15. The van der Waals surface area contributed by atoms with Crippen LogP contribution in [0.2, 0.25) is 0 Å². The SMILES string of the molecule is Brc1ccc(COc2cccc(OCc3ccc(Br)cc3)c2)cc1. The van der Waals surface area contributed by atoms with E-state index >= 15 is 0 Å². The van der Waals surface area contributed by atoms with Crippen molar-refractivity contribution < 1.29 is 9.47 Å². The van der Waals surface area contributed by atoms with Crippen molar-refractivity contribution >= 4 is 31.9 Å². The zero-order chi connectivity index (χ0) is 16.8. The zero-order valence-corrected chi connectivity index (χ0v) is 16.1. The Labute approximate surface area is 158 Å². The Bertz CT molecular complexity index is 719. The van der Waals surface area contributed by atoms with E-state index in [9.17, 15) is 0 Å². The van der Waals surface area contributed by atoms with Gasteiger partial charge in [0.15, 0.2) is 0 Å². The molecule has 122 valence electrons. The molecule has 0 spiro atoms. The Morgan fingerprint density at radius 1 is 0.583 bits per heavy atom. The Hall–Kier alpha value is -1.78. The van der Waals surface area contributed by atoms with E-state index in [1.807, 2.05) is 72.8 Å². The molecule has 0 saturated heterocycles. The van der Waals surface area contributed by atoms with Gasteiger partial charge in [0, 0.05) is 15.0 Å². The lowest BCUT2D eigenvalue weighted by molar-refractivity contribution is 0.290. The van der Waals surface area contributed by atoms with Gasteiger partial charge in [-0.2, -0.15) is 0 Å². The average molecular weight is 448 g/mol. The number of hydrogen-bond acceptors (Lipinski definition) is 2. The number of rotatable bonds is 6. The maximum Gasteiger partial charge on any atom is 0.123 e. The molecule has 3 aromatic rings. The van der Waals surface area contributed by atoms with Gasteiger partial charge in [-0.1, -0.05) is 62.2 Å². The largest absolute Gasteiger partial charge is 0.489 e. The van der Waals surface area contributed by atoms with Crippen LogP contribution in [0.4, 0.5) is 0 Å². The molecule has 0 amide bonds. The lowest BCUT2D eigenvalue weighted by atomic mass is 10.2. The fraction of sp³-hybridized carbons (Fsp3) is 0.100. The van der Waals surface area contributed by atoms with Crippen molar-refractivity contribution in [1.82, 2.24) is 0 Å². The van der Waals surface area contributed by atoms with Gasteiger partial charge >= 0.3 is 0 Å². The van der Waals surface area contributed by atoms with Crippen LogP contribution >= 0.6 is 31.9 Å². The van der Waals surface area contributed by atoms with Crippen LogP contribution in [0.3, 0.4) is 0 Å². The molecule has 0 heterocycles. The summed E-state index contributed by atoms with van der Waals surface area (Å²) >= 11 is 6.86. The van der Waals surface area contributed by atoms with Gasteiger partial charge in [0.2, 0.25) is 0 Å². The molecule has 4 heteroatoms. The smallest absolute Gasteiger partial charge is 0.123 e. The molecule has 0 fully saturated rings. The maximum absolute atomic E-state index is 5.84. The molecule has 0 N–H and O–H groups in total. The fourth-order valence-corrected chi connectivity index (χ4v) is 2.68. The van der Waals surface area contributed by atoms with E-state index in [2.05, 4.69) is 31.9 Å². The van der Waals surface area contributed by atoms with Crippen LogP contribution < -0.4 is 9.47 Å². The molecule has 0 aliphatic heterocycles. The Morgan fingerprint density at radius 2 is 1.00 bits per heavy atom. The summed E-state index contributed by atoms with van der Waals surface area (Å²) in [5, 5.41) is 0. The molecule has 2 nitrogen and oxygen atoms in total. The average Bonchev–Trinajstić information content (AvgIpc) is 2.61. The van der Waals surface area contributed by atoms with Crippen LogP contribution in [-0.4, -0.2) is 0 Å². The predicted molar refractivity (Wildman–Crippen MR) is 103 cm³/mol. The number of ether oxygens (including phenoxy) is 2. The summed E-state index contributed by atoms with van der Waals surface area (Å²) in [5.74, 6) is 1.59. The molecule has 0 saturated carbocycles. The van der Waals surface area contributed by atoms with Crippen molar-refractivity contribution in [1.29, 1.82) is 0 Å². The van der Waals surface area contributed by atoms with E-state index in [0.29, 0.717) is 13.2 Å². The maximum atomic E-state index is 5.84. The summed E-state index contributed by atoms with van der Waals surface area (Å²) in [7, 11) is 0. The monoisotopic (exact) mass is 446 g/mol. The van der Waals surface area contributed by atoms with Crippen molar-refractivity contribution in [3.8, 4) is 11.5 Å². The molecule has 0 atom stereocenters. The number of halogens is 2. The van der Waals surface area contributed by atoms with Crippen molar-refractivity contribution in [3.05, 3.63) is 92.9 Å². The molecular weight excluding hydrogens is 432 g/mol. The molecule has 3 aromatic carbocycles. The van der Waals surface area contributed by atoms with E-state index in [-0.39, 0.29) is 0 Å².